The average molecular weight is 291 g/mol. The molecule has 4 nitrogen and oxygen atoms in total. The maximum absolute atomic E-state index is 10.8. The topological polar surface area (TPSA) is 52.6 Å². The highest BCUT2D eigenvalue weighted by Gasteiger charge is 2.25. The maximum atomic E-state index is 10.8. The Kier molecular flexibility index (Phi) is 4.38. The lowest BCUT2D eigenvalue weighted by molar-refractivity contribution is 0.0599. The van der Waals surface area contributed by atoms with Crippen LogP contribution in [0.25, 0.3) is 0 Å². The molecule has 2 aromatic carbocycles. The van der Waals surface area contributed by atoms with E-state index in [2.05, 4.69) is 9.47 Å². The van der Waals surface area contributed by atoms with Gasteiger partial charge in [-0.25, -0.2) is 9.59 Å². The molecule has 0 unspecified atom stereocenters. The summed E-state index contributed by atoms with van der Waals surface area (Å²) in [6.07, 6.45) is 0. The second-order valence-corrected chi connectivity index (χ2v) is 4.32. The molecule has 0 fully saturated rings. The van der Waals surface area contributed by atoms with E-state index in [9.17, 15) is 9.59 Å². The summed E-state index contributed by atoms with van der Waals surface area (Å²) in [4.78, 5) is 21.4. The molecule has 0 saturated heterocycles. The molecule has 3 rings (SSSR count). The van der Waals surface area contributed by atoms with Gasteiger partial charge in [-0.15, -0.1) is 0 Å². The van der Waals surface area contributed by atoms with E-state index in [1.54, 1.807) is 42.5 Å². The normalized spacial score (nSPS) is 11.2. The van der Waals surface area contributed by atoms with E-state index in [0.29, 0.717) is 21.9 Å². The number of rotatable bonds is 1. The highest BCUT2D eigenvalue weighted by Crippen LogP contribution is 2.30. The van der Waals surface area contributed by atoms with Gasteiger partial charge in [-0.05, 0) is 30.3 Å². The Morgan fingerprint density at radius 2 is 1.85 bits per heavy atom. The van der Waals surface area contributed by atoms with Crippen molar-refractivity contribution in [1.29, 1.82) is 0 Å². The maximum Gasteiger partial charge on any atom is 0.347 e. The highest BCUT2D eigenvalue weighted by atomic mass is 35.5. The molecule has 0 radical (unpaired) electrons. The summed E-state index contributed by atoms with van der Waals surface area (Å²) < 4.78 is 9.14. The summed E-state index contributed by atoms with van der Waals surface area (Å²) in [7, 11) is 1.37. The van der Waals surface area contributed by atoms with E-state index >= 15 is 0 Å². The average Bonchev–Trinajstić information content (AvgIpc) is 2.49. The number of hydrogen-bond donors (Lipinski definition) is 0. The molecule has 5 heteroatoms. The van der Waals surface area contributed by atoms with Crippen molar-refractivity contribution in [3.63, 3.8) is 0 Å². The summed E-state index contributed by atoms with van der Waals surface area (Å²) in [5, 5.41) is 0.565. The standard InChI is InChI=1S/C8H8O2.C7H3ClO2/c1-10-8(9)7-5-3-2-4-6-7;8-4-1-2-6-5(3-4)7(9)10-6/h2-6H,1H3;1-3H. The Labute approximate surface area is 120 Å². The Bertz CT molecular complexity index is 638. The first-order valence-electron chi connectivity index (χ1n) is 5.77. The van der Waals surface area contributed by atoms with Gasteiger partial charge in [0.05, 0.1) is 12.7 Å². The third-order valence-electron chi connectivity index (χ3n) is 2.56. The van der Waals surface area contributed by atoms with Gasteiger partial charge in [-0.1, -0.05) is 29.8 Å². The monoisotopic (exact) mass is 290 g/mol. The van der Waals surface area contributed by atoms with Crippen molar-refractivity contribution in [1.82, 2.24) is 0 Å². The molecule has 0 atom stereocenters. The summed E-state index contributed by atoms with van der Waals surface area (Å²) in [6.45, 7) is 0. The van der Waals surface area contributed by atoms with Gasteiger partial charge in [0.1, 0.15) is 11.3 Å². The number of carbonyl (C=O) groups is 2. The van der Waals surface area contributed by atoms with Crippen LogP contribution in [0, 0.1) is 0 Å². The van der Waals surface area contributed by atoms with Gasteiger partial charge < -0.3 is 9.47 Å². The molecular weight excluding hydrogens is 280 g/mol. The van der Waals surface area contributed by atoms with Gasteiger partial charge in [0.15, 0.2) is 0 Å². The van der Waals surface area contributed by atoms with E-state index in [-0.39, 0.29) is 11.9 Å². The van der Waals surface area contributed by atoms with Gasteiger partial charge >= 0.3 is 11.9 Å². The highest BCUT2D eigenvalue weighted by molar-refractivity contribution is 6.31. The summed E-state index contributed by atoms with van der Waals surface area (Å²) in [5.74, 6) is 0.0347. The zero-order valence-electron chi connectivity index (χ0n) is 10.6. The fourth-order valence-electron chi connectivity index (χ4n) is 1.55. The third kappa shape index (κ3) is 3.16. The molecule has 20 heavy (non-hydrogen) atoms. The molecule has 1 aliphatic rings. The van der Waals surface area contributed by atoms with Gasteiger partial charge in [0.25, 0.3) is 0 Å². The smallest absolute Gasteiger partial charge is 0.347 e. The van der Waals surface area contributed by atoms with Crippen LogP contribution in [0.1, 0.15) is 20.7 Å². The molecule has 0 amide bonds. The van der Waals surface area contributed by atoms with E-state index in [4.69, 9.17) is 11.6 Å². The van der Waals surface area contributed by atoms with E-state index in [1.807, 2.05) is 6.07 Å². The SMILES string of the molecule is COC(=O)c1ccccc1.O=C1Oc2ccc(Cl)cc21. The van der Waals surface area contributed by atoms with Crippen LogP contribution in [-0.4, -0.2) is 19.0 Å². The lowest BCUT2D eigenvalue weighted by atomic mass is 10.1. The number of benzene rings is 2. The van der Waals surface area contributed by atoms with E-state index in [0.717, 1.165) is 0 Å². The second kappa shape index (κ2) is 6.21. The van der Waals surface area contributed by atoms with Gasteiger partial charge in [0, 0.05) is 5.02 Å². The molecule has 0 aliphatic carbocycles. The molecule has 1 heterocycles. The molecule has 0 spiro atoms. The number of esters is 2. The summed E-state index contributed by atoms with van der Waals surface area (Å²) in [5.41, 5.74) is 1.16. The molecule has 0 bridgehead atoms. The predicted molar refractivity (Wildman–Crippen MR) is 74.2 cm³/mol. The molecule has 0 N–H and O–H groups in total. The fraction of sp³-hybridized carbons (Fsp3) is 0.0667. The van der Waals surface area contributed by atoms with Crippen LogP contribution in [0.4, 0.5) is 0 Å². The molecule has 2 aromatic rings. The molecule has 102 valence electrons. The van der Waals surface area contributed by atoms with Crippen molar-refractivity contribution in [3.8, 4) is 5.75 Å². The van der Waals surface area contributed by atoms with Crippen molar-refractivity contribution in [2.75, 3.05) is 7.11 Å². The summed E-state index contributed by atoms with van der Waals surface area (Å²) >= 11 is 5.61. The van der Waals surface area contributed by atoms with Gasteiger partial charge in [0.2, 0.25) is 0 Å². The largest absolute Gasteiger partial charge is 0.465 e. The quantitative estimate of drug-likeness (QED) is 0.756. The zero-order valence-corrected chi connectivity index (χ0v) is 11.4. The molecule has 1 aliphatic heterocycles. The Morgan fingerprint density at radius 1 is 1.15 bits per heavy atom. The zero-order chi connectivity index (χ0) is 14.5. The Hall–Kier alpha value is -2.33. The van der Waals surface area contributed by atoms with Crippen LogP contribution in [0.15, 0.2) is 48.5 Å². The molecule has 0 saturated carbocycles. The van der Waals surface area contributed by atoms with E-state index < -0.39 is 0 Å². The lowest BCUT2D eigenvalue weighted by Gasteiger charge is -2.16. The Balaban J connectivity index is 0.000000147. The molecular formula is C15H11ClO4. The van der Waals surface area contributed by atoms with Crippen molar-refractivity contribution in [3.05, 3.63) is 64.7 Å². The number of ether oxygens (including phenoxy) is 2. The van der Waals surface area contributed by atoms with Crippen molar-refractivity contribution < 1.29 is 19.1 Å². The van der Waals surface area contributed by atoms with Crippen LogP contribution < -0.4 is 4.74 Å². The summed E-state index contributed by atoms with van der Waals surface area (Å²) in [6, 6.07) is 13.8. The first-order chi connectivity index (χ1) is 9.61. The minimum atomic E-state index is -0.294. The Morgan fingerprint density at radius 3 is 2.40 bits per heavy atom. The number of fused-ring (bicyclic) bond motifs is 1. The fourth-order valence-corrected chi connectivity index (χ4v) is 1.72. The van der Waals surface area contributed by atoms with Gasteiger partial charge in [-0.2, -0.15) is 0 Å². The van der Waals surface area contributed by atoms with Crippen LogP contribution in [0.5, 0.6) is 5.75 Å². The third-order valence-corrected chi connectivity index (χ3v) is 2.79. The van der Waals surface area contributed by atoms with Crippen LogP contribution in [0.2, 0.25) is 5.02 Å². The van der Waals surface area contributed by atoms with Crippen LogP contribution >= 0.6 is 11.6 Å². The lowest BCUT2D eigenvalue weighted by Crippen LogP contribution is -2.20. The number of hydrogen-bond acceptors (Lipinski definition) is 4. The van der Waals surface area contributed by atoms with Crippen LogP contribution in [0.3, 0.4) is 0 Å². The first-order valence-corrected chi connectivity index (χ1v) is 6.14. The second-order valence-electron chi connectivity index (χ2n) is 3.89. The minimum absolute atomic E-state index is 0.291. The van der Waals surface area contributed by atoms with Crippen molar-refractivity contribution in [2.24, 2.45) is 0 Å². The minimum Gasteiger partial charge on any atom is -0.465 e. The predicted octanol–water partition coefficient (Wildman–Crippen LogP) is 3.35. The molecule has 0 aromatic heterocycles. The van der Waals surface area contributed by atoms with Crippen molar-refractivity contribution in [2.45, 2.75) is 0 Å². The van der Waals surface area contributed by atoms with Gasteiger partial charge in [-0.3, -0.25) is 0 Å². The number of carbonyl (C=O) groups excluding carboxylic acids is 2. The number of methoxy groups -OCH3 is 1. The van der Waals surface area contributed by atoms with Crippen molar-refractivity contribution >= 4 is 23.5 Å². The van der Waals surface area contributed by atoms with Crippen LogP contribution in [-0.2, 0) is 4.74 Å². The van der Waals surface area contributed by atoms with E-state index in [1.165, 1.54) is 7.11 Å². The number of halogens is 1. The first kappa shape index (κ1) is 14.1.